The van der Waals surface area contributed by atoms with E-state index in [0.29, 0.717) is 0 Å². The third-order valence-corrected chi connectivity index (χ3v) is 1.36. The van der Waals surface area contributed by atoms with Gasteiger partial charge in [0, 0.05) is 10.6 Å². The quantitative estimate of drug-likeness (QED) is 0.334. The second-order valence-electron chi connectivity index (χ2n) is 2.15. The molecule has 82 valence electrons. The molecule has 0 heterocycles. The number of rotatable bonds is 5. The van der Waals surface area contributed by atoms with Crippen LogP contribution in [-0.2, 0) is 18.6 Å². The third-order valence-electron chi connectivity index (χ3n) is 1.03. The van der Waals surface area contributed by atoms with Crippen LogP contribution in [0.3, 0.4) is 0 Å². The van der Waals surface area contributed by atoms with Crippen LogP contribution >= 0.6 is 8.25 Å². The number of esters is 1. The predicted octanol–water partition coefficient (Wildman–Crippen LogP) is 2.15. The molecule has 0 radical (unpaired) electrons. The Kier molecular flexibility index (Phi) is 13.7. The molecular weight excluding hydrogens is 207 g/mol. The van der Waals surface area contributed by atoms with E-state index in [2.05, 4.69) is 29.7 Å². The van der Waals surface area contributed by atoms with Crippen molar-refractivity contribution >= 4 is 14.2 Å². The molecule has 1 unspecified atom stereocenters. The molecule has 0 aromatic carbocycles. The van der Waals surface area contributed by atoms with Crippen molar-refractivity contribution < 1.29 is 23.5 Å². The molecule has 0 aromatic rings. The van der Waals surface area contributed by atoms with Crippen molar-refractivity contribution in [3.8, 4) is 0 Å². The van der Waals surface area contributed by atoms with Crippen molar-refractivity contribution in [1.29, 1.82) is 0 Å². The molecule has 6 heteroatoms. The molecule has 14 heavy (non-hydrogen) atoms. The summed E-state index contributed by atoms with van der Waals surface area (Å²) in [5, 5.41) is 0. The highest BCUT2D eigenvalue weighted by atomic mass is 31.1. The molecule has 0 saturated heterocycles. The van der Waals surface area contributed by atoms with Crippen LogP contribution in [0.5, 0.6) is 0 Å². The number of carbonyl (C=O) groups is 1. The van der Waals surface area contributed by atoms with E-state index in [1.807, 2.05) is 0 Å². The van der Waals surface area contributed by atoms with Gasteiger partial charge in [-0.3, -0.25) is 0 Å². The minimum Gasteiger partial charge on any atom is -0.430 e. The fourth-order valence-electron chi connectivity index (χ4n) is 0.188. The van der Waals surface area contributed by atoms with Crippen LogP contribution in [0.4, 0.5) is 0 Å². The van der Waals surface area contributed by atoms with Crippen LogP contribution in [0.15, 0.2) is 12.7 Å². The first-order valence-electron chi connectivity index (χ1n) is 4.16. The molecule has 1 atom stereocenters. The first-order chi connectivity index (χ1) is 6.58. The Morgan fingerprint density at radius 3 is 2.29 bits per heavy atom. The van der Waals surface area contributed by atoms with Gasteiger partial charge in [-0.2, -0.15) is 0 Å². The monoisotopic (exact) mass is 223 g/mol. The van der Waals surface area contributed by atoms with Crippen LogP contribution in [0, 0.1) is 0 Å². The number of hydrogen-bond acceptors (Lipinski definition) is 4. The number of hydrogen-bond donors (Lipinski definition) is 1. The minimum absolute atomic E-state index is 0.531. The number of unbranched alkanes of at least 4 members (excludes halogenated alkanes) is 1. The van der Waals surface area contributed by atoms with Crippen LogP contribution in [0.1, 0.15) is 26.7 Å². The molecule has 0 aliphatic rings. The molecule has 0 aromatic heterocycles. The van der Waals surface area contributed by atoms with Gasteiger partial charge in [-0.05, 0) is 0 Å². The summed E-state index contributed by atoms with van der Waals surface area (Å²) >= 11 is 0. The summed E-state index contributed by atoms with van der Waals surface area (Å²) in [6.45, 7) is 6.92. The summed E-state index contributed by atoms with van der Waals surface area (Å²) < 4.78 is 17.9. The summed E-state index contributed by atoms with van der Waals surface area (Å²) in [6, 6.07) is 0. The van der Waals surface area contributed by atoms with E-state index in [1.54, 1.807) is 0 Å². The van der Waals surface area contributed by atoms with Gasteiger partial charge in [0.15, 0.2) is 0 Å². The van der Waals surface area contributed by atoms with Gasteiger partial charge in [0.1, 0.15) is 0 Å². The van der Waals surface area contributed by atoms with Gasteiger partial charge in [0.2, 0.25) is 6.79 Å². The van der Waals surface area contributed by atoms with Crippen molar-refractivity contribution in [3.63, 3.8) is 0 Å². The van der Waals surface area contributed by atoms with Gasteiger partial charge in [-0.1, -0.05) is 37.8 Å². The SMILES string of the molecule is C=CC(=O)OCO[P+](=O)O.CCCC. The summed E-state index contributed by atoms with van der Waals surface area (Å²) in [7, 11) is -2.70. The van der Waals surface area contributed by atoms with Crippen LogP contribution in [-0.4, -0.2) is 17.7 Å². The Bertz CT molecular complexity index is 179. The van der Waals surface area contributed by atoms with Crippen molar-refractivity contribution in [2.75, 3.05) is 6.79 Å². The topological polar surface area (TPSA) is 72.8 Å². The molecule has 0 amide bonds. The fraction of sp³-hybridized carbons (Fsp3) is 0.625. The largest absolute Gasteiger partial charge is 0.698 e. The lowest BCUT2D eigenvalue weighted by molar-refractivity contribution is -0.144. The summed E-state index contributed by atoms with van der Waals surface area (Å²) in [4.78, 5) is 18.2. The highest BCUT2D eigenvalue weighted by molar-refractivity contribution is 7.32. The Balaban J connectivity index is 0. The maximum Gasteiger partial charge on any atom is 0.698 e. The van der Waals surface area contributed by atoms with Gasteiger partial charge < -0.3 is 4.74 Å². The number of ether oxygens (including phenoxy) is 1. The van der Waals surface area contributed by atoms with Gasteiger partial charge >= 0.3 is 14.2 Å². The Morgan fingerprint density at radius 1 is 1.50 bits per heavy atom. The molecule has 0 saturated carbocycles. The summed E-state index contributed by atoms with van der Waals surface area (Å²) in [5.74, 6) is -0.697. The van der Waals surface area contributed by atoms with Crippen LogP contribution in [0.2, 0.25) is 0 Å². The zero-order valence-corrected chi connectivity index (χ0v) is 9.33. The lowest BCUT2D eigenvalue weighted by Gasteiger charge is -1.91. The van der Waals surface area contributed by atoms with Gasteiger partial charge in [-0.15, -0.1) is 4.89 Å². The predicted molar refractivity (Wildman–Crippen MR) is 52.6 cm³/mol. The van der Waals surface area contributed by atoms with E-state index in [9.17, 15) is 9.36 Å². The zero-order chi connectivity index (χ0) is 11.4. The van der Waals surface area contributed by atoms with Gasteiger partial charge in [0.25, 0.3) is 0 Å². The summed E-state index contributed by atoms with van der Waals surface area (Å²) in [5.41, 5.74) is 0. The second kappa shape index (κ2) is 12.2. The van der Waals surface area contributed by atoms with Gasteiger partial charge in [-0.25, -0.2) is 4.79 Å². The zero-order valence-electron chi connectivity index (χ0n) is 8.43. The van der Waals surface area contributed by atoms with Gasteiger partial charge in [0.05, 0.1) is 0 Å². The minimum atomic E-state index is -2.70. The lowest BCUT2D eigenvalue weighted by atomic mass is 10.4. The fourth-order valence-corrected chi connectivity index (χ4v) is 0.331. The third kappa shape index (κ3) is 17.4. The van der Waals surface area contributed by atoms with Crippen LogP contribution < -0.4 is 0 Å². The maximum absolute atomic E-state index is 10.2. The molecule has 5 nitrogen and oxygen atoms in total. The molecule has 0 spiro atoms. The lowest BCUT2D eigenvalue weighted by Crippen LogP contribution is -2.01. The first-order valence-corrected chi connectivity index (χ1v) is 5.29. The molecule has 0 rings (SSSR count). The standard InChI is InChI=1S/C4H5O5P.C4H10/c1-2-4(5)8-3-9-10(6)7;1-3-4-2/h2H,1,3H2;3-4H2,1-2H3/p+1. The molecule has 1 N–H and O–H groups in total. The number of carbonyl (C=O) groups excluding carboxylic acids is 1. The normalized spacial score (nSPS) is 9.50. The Morgan fingerprint density at radius 2 is 2.00 bits per heavy atom. The maximum atomic E-state index is 10.2. The van der Waals surface area contributed by atoms with E-state index in [1.165, 1.54) is 12.8 Å². The molecule has 0 fully saturated rings. The van der Waals surface area contributed by atoms with Crippen molar-refractivity contribution in [2.45, 2.75) is 26.7 Å². The smallest absolute Gasteiger partial charge is 0.430 e. The Hall–Kier alpha value is -0.770. The van der Waals surface area contributed by atoms with E-state index in [0.717, 1.165) is 6.08 Å². The van der Waals surface area contributed by atoms with E-state index in [4.69, 9.17) is 4.89 Å². The van der Waals surface area contributed by atoms with E-state index >= 15 is 0 Å². The molecule has 0 bridgehead atoms. The highest BCUT2D eigenvalue weighted by Gasteiger charge is 2.11. The van der Waals surface area contributed by atoms with E-state index < -0.39 is 21.0 Å². The molecule has 0 aliphatic carbocycles. The highest BCUT2D eigenvalue weighted by Crippen LogP contribution is 2.13. The van der Waals surface area contributed by atoms with Crippen molar-refractivity contribution in [1.82, 2.24) is 0 Å². The molecule has 0 aliphatic heterocycles. The summed E-state index contributed by atoms with van der Waals surface area (Å²) in [6.07, 6.45) is 3.56. The molecular formula is C8H16O5P+. The second-order valence-corrected chi connectivity index (χ2v) is 2.89. The Labute approximate surface area is 84.7 Å². The van der Waals surface area contributed by atoms with E-state index in [-0.39, 0.29) is 0 Å². The van der Waals surface area contributed by atoms with Crippen molar-refractivity contribution in [2.24, 2.45) is 0 Å². The van der Waals surface area contributed by atoms with Crippen LogP contribution in [0.25, 0.3) is 0 Å². The first kappa shape index (κ1) is 15.7. The average Bonchev–Trinajstić information content (AvgIpc) is 2.17. The average molecular weight is 223 g/mol. The van der Waals surface area contributed by atoms with Crippen molar-refractivity contribution in [3.05, 3.63) is 12.7 Å².